The van der Waals surface area contributed by atoms with Crippen LogP contribution in [0, 0.1) is 0 Å². The highest BCUT2D eigenvalue weighted by Crippen LogP contribution is 2.31. The van der Waals surface area contributed by atoms with Gasteiger partial charge in [0.15, 0.2) is 0 Å². The van der Waals surface area contributed by atoms with E-state index in [0.717, 1.165) is 23.4 Å². The Kier molecular flexibility index (Phi) is 4.50. The van der Waals surface area contributed by atoms with Crippen molar-refractivity contribution in [1.29, 1.82) is 0 Å². The van der Waals surface area contributed by atoms with Crippen molar-refractivity contribution in [1.82, 2.24) is 24.9 Å². The molecule has 0 bridgehead atoms. The van der Waals surface area contributed by atoms with Gasteiger partial charge in [0.1, 0.15) is 0 Å². The Bertz CT molecular complexity index is 584. The first kappa shape index (κ1) is 15.1. The molecule has 0 aliphatic carbocycles. The fraction of sp³-hybridized carbons (Fsp3) is 0.571. The van der Waals surface area contributed by atoms with Crippen LogP contribution in [0.4, 0.5) is 0 Å². The van der Waals surface area contributed by atoms with Gasteiger partial charge < -0.3 is 5.32 Å². The molecule has 2 rings (SSSR count). The molecule has 2 aromatic heterocycles. The third-order valence-electron chi connectivity index (χ3n) is 3.42. The number of nitrogens with one attached hydrogen (secondary N) is 1. The van der Waals surface area contributed by atoms with Crippen LogP contribution in [0.2, 0.25) is 5.02 Å². The van der Waals surface area contributed by atoms with Crippen molar-refractivity contribution in [2.45, 2.75) is 39.3 Å². The summed E-state index contributed by atoms with van der Waals surface area (Å²) in [5.74, 6) is 0. The summed E-state index contributed by atoms with van der Waals surface area (Å²) >= 11 is 6.36. The van der Waals surface area contributed by atoms with Crippen LogP contribution in [0.3, 0.4) is 0 Å². The van der Waals surface area contributed by atoms with Gasteiger partial charge in [-0.2, -0.15) is 10.2 Å². The van der Waals surface area contributed by atoms with Crippen molar-refractivity contribution in [2.24, 2.45) is 7.05 Å². The molecular weight excluding hydrogens is 274 g/mol. The second-order valence-corrected chi connectivity index (χ2v) is 5.60. The molecule has 5 nitrogen and oxygen atoms in total. The van der Waals surface area contributed by atoms with Crippen LogP contribution in [0.25, 0.3) is 0 Å². The maximum atomic E-state index is 6.36. The van der Waals surface area contributed by atoms with Gasteiger partial charge in [-0.1, -0.05) is 18.5 Å². The smallest absolute Gasteiger partial charge is 0.0837 e. The van der Waals surface area contributed by atoms with Crippen LogP contribution in [-0.2, 0) is 13.5 Å². The Morgan fingerprint density at radius 2 is 2.10 bits per heavy atom. The van der Waals surface area contributed by atoms with Gasteiger partial charge in [-0.25, -0.2) is 0 Å². The van der Waals surface area contributed by atoms with Crippen LogP contribution >= 0.6 is 11.6 Å². The molecule has 0 amide bonds. The first-order valence-corrected chi connectivity index (χ1v) is 7.29. The lowest BCUT2D eigenvalue weighted by Gasteiger charge is -2.20. The maximum absolute atomic E-state index is 6.36. The minimum absolute atomic E-state index is 0.00366. The van der Waals surface area contributed by atoms with Crippen LogP contribution < -0.4 is 5.32 Å². The average molecular weight is 296 g/mol. The van der Waals surface area contributed by atoms with Crippen LogP contribution in [0.1, 0.15) is 49.8 Å². The summed E-state index contributed by atoms with van der Waals surface area (Å²) in [6.07, 6.45) is 4.65. The predicted molar refractivity (Wildman–Crippen MR) is 81.1 cm³/mol. The minimum atomic E-state index is -0.00366. The molecule has 1 N–H and O–H groups in total. The largest absolute Gasteiger partial charge is 0.308 e. The summed E-state index contributed by atoms with van der Waals surface area (Å²) in [6, 6.07) is 0.256. The monoisotopic (exact) mass is 295 g/mol. The van der Waals surface area contributed by atoms with Gasteiger partial charge in [-0.3, -0.25) is 9.36 Å². The topological polar surface area (TPSA) is 47.7 Å². The molecule has 0 aliphatic rings. The Labute approximate surface area is 124 Å². The second kappa shape index (κ2) is 5.97. The molecule has 20 heavy (non-hydrogen) atoms. The molecular formula is C14H22ClN5. The van der Waals surface area contributed by atoms with Gasteiger partial charge in [0, 0.05) is 24.8 Å². The standard InChI is InChI=1S/C14H22ClN5/c1-6-12-10(8-19(5)18-12)13(16-4)14-11(15)7-17-20(14)9(2)3/h7-9,13,16H,6H2,1-5H3. The van der Waals surface area contributed by atoms with Crippen molar-refractivity contribution >= 4 is 11.6 Å². The molecule has 2 aromatic rings. The molecule has 0 saturated carbocycles. The minimum Gasteiger partial charge on any atom is -0.308 e. The lowest BCUT2D eigenvalue weighted by Crippen LogP contribution is -2.23. The third-order valence-corrected chi connectivity index (χ3v) is 3.71. The lowest BCUT2D eigenvalue weighted by atomic mass is 10.0. The van der Waals surface area contributed by atoms with Crippen LogP contribution in [0.15, 0.2) is 12.4 Å². The number of aryl methyl sites for hydroxylation is 2. The molecule has 6 heteroatoms. The summed E-state index contributed by atoms with van der Waals surface area (Å²) in [6.45, 7) is 6.31. The van der Waals surface area contributed by atoms with E-state index in [4.69, 9.17) is 11.6 Å². The van der Waals surface area contributed by atoms with Gasteiger partial charge in [0.2, 0.25) is 0 Å². The van der Waals surface area contributed by atoms with Crippen molar-refractivity contribution in [2.75, 3.05) is 7.05 Å². The van der Waals surface area contributed by atoms with Gasteiger partial charge in [-0.05, 0) is 27.3 Å². The number of aromatic nitrogens is 4. The molecule has 0 fully saturated rings. The van der Waals surface area contributed by atoms with E-state index in [9.17, 15) is 0 Å². The van der Waals surface area contributed by atoms with Gasteiger partial charge >= 0.3 is 0 Å². The summed E-state index contributed by atoms with van der Waals surface area (Å²) in [5.41, 5.74) is 3.23. The quantitative estimate of drug-likeness (QED) is 0.922. The van der Waals surface area contributed by atoms with Crippen LogP contribution in [-0.4, -0.2) is 26.6 Å². The van der Waals surface area contributed by atoms with Crippen molar-refractivity contribution in [3.05, 3.63) is 34.4 Å². The van der Waals surface area contributed by atoms with E-state index in [1.807, 2.05) is 29.7 Å². The van der Waals surface area contributed by atoms with E-state index in [0.29, 0.717) is 5.02 Å². The number of hydrogen-bond donors (Lipinski definition) is 1. The maximum Gasteiger partial charge on any atom is 0.0837 e. The van der Waals surface area contributed by atoms with Gasteiger partial charge in [0.25, 0.3) is 0 Å². The number of hydrogen-bond acceptors (Lipinski definition) is 3. The molecule has 0 aromatic carbocycles. The normalized spacial score (nSPS) is 13.2. The van der Waals surface area contributed by atoms with Crippen molar-refractivity contribution in [3.8, 4) is 0 Å². The molecule has 110 valence electrons. The molecule has 0 radical (unpaired) electrons. The SMILES string of the molecule is CCc1nn(C)cc1C(NC)c1c(Cl)cnn1C(C)C. The van der Waals surface area contributed by atoms with E-state index in [-0.39, 0.29) is 12.1 Å². The summed E-state index contributed by atoms with van der Waals surface area (Å²) in [5, 5.41) is 12.9. The highest BCUT2D eigenvalue weighted by molar-refractivity contribution is 6.31. The lowest BCUT2D eigenvalue weighted by molar-refractivity contribution is 0.483. The van der Waals surface area contributed by atoms with E-state index >= 15 is 0 Å². The second-order valence-electron chi connectivity index (χ2n) is 5.20. The Balaban J connectivity index is 2.55. The van der Waals surface area contributed by atoms with Gasteiger partial charge in [0.05, 0.1) is 28.6 Å². The number of halogens is 1. The summed E-state index contributed by atoms with van der Waals surface area (Å²) in [7, 11) is 3.88. The van der Waals surface area contributed by atoms with Crippen molar-refractivity contribution in [3.63, 3.8) is 0 Å². The molecule has 0 aliphatic heterocycles. The molecule has 1 unspecified atom stereocenters. The Morgan fingerprint density at radius 3 is 2.65 bits per heavy atom. The van der Waals surface area contributed by atoms with E-state index in [1.54, 1.807) is 6.20 Å². The Morgan fingerprint density at radius 1 is 1.40 bits per heavy atom. The van der Waals surface area contributed by atoms with Gasteiger partial charge in [-0.15, -0.1) is 0 Å². The molecule has 0 saturated heterocycles. The van der Waals surface area contributed by atoms with E-state index in [1.165, 1.54) is 0 Å². The van der Waals surface area contributed by atoms with E-state index in [2.05, 4.69) is 36.3 Å². The predicted octanol–water partition coefficient (Wildman–Crippen LogP) is 2.72. The van der Waals surface area contributed by atoms with Crippen LogP contribution in [0.5, 0.6) is 0 Å². The highest BCUT2D eigenvalue weighted by atomic mass is 35.5. The first-order valence-electron chi connectivity index (χ1n) is 6.92. The number of nitrogens with zero attached hydrogens (tertiary/aromatic N) is 4. The zero-order valence-electron chi connectivity index (χ0n) is 12.7. The summed E-state index contributed by atoms with van der Waals surface area (Å²) in [4.78, 5) is 0. The number of rotatable bonds is 5. The summed E-state index contributed by atoms with van der Waals surface area (Å²) < 4.78 is 3.82. The Hall–Kier alpha value is -1.33. The average Bonchev–Trinajstić information content (AvgIpc) is 2.95. The zero-order valence-corrected chi connectivity index (χ0v) is 13.4. The zero-order chi connectivity index (χ0) is 14.9. The van der Waals surface area contributed by atoms with Crippen molar-refractivity contribution < 1.29 is 0 Å². The fourth-order valence-corrected chi connectivity index (χ4v) is 2.78. The molecule has 1 atom stereocenters. The highest BCUT2D eigenvalue weighted by Gasteiger charge is 2.25. The first-order chi connectivity index (χ1) is 9.49. The third kappa shape index (κ3) is 2.60. The molecule has 2 heterocycles. The van der Waals surface area contributed by atoms with E-state index < -0.39 is 0 Å². The molecule has 0 spiro atoms. The fourth-order valence-electron chi connectivity index (χ4n) is 2.54.